The molecule has 10 heavy (non-hydrogen) atoms. The Balaban J connectivity index is -0.0000000847. The van der Waals surface area contributed by atoms with Gasteiger partial charge >= 0.3 is 41.3 Å². The molecule has 0 bridgehead atoms. The number of hydrogen-bond donors (Lipinski definition) is 3. The van der Waals surface area contributed by atoms with Crippen LogP contribution in [0, 0.1) is 0 Å². The van der Waals surface area contributed by atoms with E-state index in [1.54, 1.807) is 0 Å². The number of nitrogens with two attached hydrogens (primary N) is 2. The van der Waals surface area contributed by atoms with Crippen molar-refractivity contribution in [1.82, 2.24) is 0 Å². The number of aliphatic carboxylic acids is 1. The van der Waals surface area contributed by atoms with E-state index >= 15 is 0 Å². The first-order valence-electron chi connectivity index (χ1n) is 2.01. The van der Waals surface area contributed by atoms with Crippen LogP contribution in [-0.4, -0.2) is 24.7 Å². The van der Waals surface area contributed by atoms with Crippen molar-refractivity contribution in [3.05, 3.63) is 0 Å². The third-order valence-electron chi connectivity index (χ3n) is 0.175. The van der Waals surface area contributed by atoms with Gasteiger partial charge in [0.25, 0.3) is 0 Å². The van der Waals surface area contributed by atoms with Crippen LogP contribution in [0.4, 0.5) is 0 Å². The van der Waals surface area contributed by atoms with E-state index in [2.05, 4.69) is 11.5 Å². The van der Waals surface area contributed by atoms with Gasteiger partial charge in [-0.1, -0.05) is 0 Å². The SMILES string of the molecule is CN.NCC(=O)O.[Cl][Pt+2][Cl]. The van der Waals surface area contributed by atoms with Crippen LogP contribution >= 0.6 is 18.8 Å². The summed E-state index contributed by atoms with van der Waals surface area (Å²) in [7, 11) is 11.2. The van der Waals surface area contributed by atoms with Crippen molar-refractivity contribution in [2.75, 3.05) is 13.6 Å². The summed E-state index contributed by atoms with van der Waals surface area (Å²) in [5.41, 5.74) is 9.07. The summed E-state index contributed by atoms with van der Waals surface area (Å²) in [5, 5.41) is 7.60. The van der Waals surface area contributed by atoms with E-state index in [0.29, 0.717) is 0 Å². The molecule has 0 atom stereocenters. The predicted molar refractivity (Wildman–Crippen MR) is 38.5 cm³/mol. The fourth-order valence-corrected chi connectivity index (χ4v) is 0. The van der Waals surface area contributed by atoms with Gasteiger partial charge in [0, 0.05) is 0 Å². The Morgan fingerprint density at radius 1 is 1.60 bits per heavy atom. The monoisotopic (exact) mass is 371 g/mol. The van der Waals surface area contributed by atoms with Crippen molar-refractivity contribution < 1.29 is 26.4 Å². The van der Waals surface area contributed by atoms with E-state index in [4.69, 9.17) is 23.9 Å². The van der Waals surface area contributed by atoms with Crippen molar-refractivity contribution in [3.63, 3.8) is 0 Å². The van der Waals surface area contributed by atoms with Gasteiger partial charge in [-0.25, -0.2) is 0 Å². The van der Waals surface area contributed by atoms with Crippen molar-refractivity contribution >= 4 is 24.8 Å². The second-order valence-corrected chi connectivity index (χ2v) is 3.93. The zero-order chi connectivity index (χ0) is 8.99. The first-order chi connectivity index (χ1) is 4.68. The first kappa shape index (κ1) is 17.0. The number of rotatable bonds is 1. The van der Waals surface area contributed by atoms with E-state index in [1.807, 2.05) is 0 Å². The molecule has 7 heteroatoms. The normalized spacial score (nSPS) is 6.50. The molecule has 0 aliphatic rings. The Hall–Kier alpha value is 0.658. The predicted octanol–water partition coefficient (Wildman–Crippen LogP) is -0.0189. The van der Waals surface area contributed by atoms with E-state index in [1.165, 1.54) is 7.05 Å². The van der Waals surface area contributed by atoms with Gasteiger partial charge in [-0.05, 0) is 7.05 Å². The van der Waals surface area contributed by atoms with Crippen LogP contribution in [0.5, 0.6) is 0 Å². The number of carboxylic acid groups (broad SMARTS) is 1. The average Bonchev–Trinajstić information content (AvgIpc) is 1.94. The molecule has 0 saturated carbocycles. The molecule has 4 nitrogen and oxygen atoms in total. The van der Waals surface area contributed by atoms with Crippen LogP contribution in [-0.2, 0) is 21.3 Å². The Morgan fingerprint density at radius 2 is 1.70 bits per heavy atom. The average molecular weight is 372 g/mol. The van der Waals surface area contributed by atoms with Gasteiger partial charge in [-0.2, -0.15) is 0 Å². The molecule has 0 aliphatic carbocycles. The van der Waals surface area contributed by atoms with Gasteiger partial charge in [0.2, 0.25) is 0 Å². The van der Waals surface area contributed by atoms with Crippen LogP contribution in [0.25, 0.3) is 0 Å². The zero-order valence-corrected chi connectivity index (χ0v) is 9.07. The molecule has 0 radical (unpaired) electrons. The standard InChI is InChI=1S/C2H5NO2.CH5N.2ClH.Pt/c3-1-2(4)5;1-2;;;/h1,3H2,(H,4,5);2H2,1H3;2*1H;/q;;;;+4/p-2. The van der Waals surface area contributed by atoms with Gasteiger partial charge in [0.15, 0.2) is 0 Å². The molecule has 0 heterocycles. The molecule has 0 unspecified atom stereocenters. The third kappa shape index (κ3) is 71.9. The van der Waals surface area contributed by atoms with Gasteiger partial charge < -0.3 is 16.6 Å². The maximum absolute atomic E-state index is 9.24. The fraction of sp³-hybridized carbons (Fsp3) is 0.667. The Bertz CT molecular complexity index is 66.5. The molecule has 5 N–H and O–H groups in total. The topological polar surface area (TPSA) is 89.3 Å². The van der Waals surface area contributed by atoms with Crippen LogP contribution in [0.1, 0.15) is 0 Å². The van der Waals surface area contributed by atoms with Crippen molar-refractivity contribution in [2.24, 2.45) is 11.5 Å². The summed E-state index contributed by atoms with van der Waals surface area (Å²) >= 11 is -0.472. The summed E-state index contributed by atoms with van der Waals surface area (Å²) in [5.74, 6) is -0.968. The number of hydrogen-bond acceptors (Lipinski definition) is 3. The van der Waals surface area contributed by atoms with Gasteiger partial charge in [0.05, 0.1) is 6.54 Å². The van der Waals surface area contributed by atoms with Crippen LogP contribution < -0.4 is 11.5 Å². The Labute approximate surface area is 76.2 Å². The molecule has 0 fully saturated rings. The molecule has 0 rings (SSSR count). The van der Waals surface area contributed by atoms with Crippen molar-refractivity contribution in [3.8, 4) is 0 Å². The molecule has 0 aromatic rings. The summed E-state index contributed by atoms with van der Waals surface area (Å²) in [6.07, 6.45) is 0. The number of halogens is 2. The van der Waals surface area contributed by atoms with Crippen molar-refractivity contribution in [1.29, 1.82) is 0 Å². The molecule has 0 amide bonds. The molecular weight excluding hydrogens is 362 g/mol. The quantitative estimate of drug-likeness (QED) is 0.604. The van der Waals surface area contributed by atoms with E-state index in [0.717, 1.165) is 0 Å². The molecule has 0 aromatic heterocycles. The van der Waals surface area contributed by atoms with E-state index in [-0.39, 0.29) is 6.54 Å². The second kappa shape index (κ2) is 22.6. The van der Waals surface area contributed by atoms with Gasteiger partial charge in [-0.15, -0.1) is 0 Å². The second-order valence-electron chi connectivity index (χ2n) is 0.643. The molecule has 0 aliphatic heterocycles. The molecule has 0 spiro atoms. The minimum atomic E-state index is -0.968. The van der Waals surface area contributed by atoms with Crippen LogP contribution in [0.2, 0.25) is 0 Å². The third-order valence-corrected chi connectivity index (χ3v) is 0.175. The molecule has 0 aromatic carbocycles. The fourth-order valence-electron chi connectivity index (χ4n) is 0. The van der Waals surface area contributed by atoms with Crippen molar-refractivity contribution in [2.45, 2.75) is 0 Å². The summed E-state index contributed by atoms with van der Waals surface area (Å²) in [6, 6.07) is 0. The van der Waals surface area contributed by atoms with Crippen LogP contribution in [0.3, 0.4) is 0 Å². The number of carbonyl (C=O) groups is 1. The Kier molecular flexibility index (Phi) is 38.3. The molecular formula is C3H10Cl2N2O2Pt+2. The summed E-state index contributed by atoms with van der Waals surface area (Å²) in [6.45, 7) is -0.278. The minimum absolute atomic E-state index is 0.278. The summed E-state index contributed by atoms with van der Waals surface area (Å²) < 4.78 is 0. The van der Waals surface area contributed by atoms with E-state index in [9.17, 15) is 4.79 Å². The van der Waals surface area contributed by atoms with Gasteiger partial charge in [0.1, 0.15) is 0 Å². The van der Waals surface area contributed by atoms with Crippen LogP contribution in [0.15, 0.2) is 0 Å². The molecule has 0 saturated heterocycles. The van der Waals surface area contributed by atoms with E-state index < -0.39 is 22.5 Å². The molecule has 66 valence electrons. The Morgan fingerprint density at radius 3 is 1.70 bits per heavy atom. The summed E-state index contributed by atoms with van der Waals surface area (Å²) in [4.78, 5) is 9.24. The number of carboxylic acids is 1. The van der Waals surface area contributed by atoms with Gasteiger partial charge in [-0.3, -0.25) is 4.79 Å². The maximum atomic E-state index is 9.24. The first-order valence-corrected chi connectivity index (χ1v) is 7.64. The zero-order valence-electron chi connectivity index (χ0n) is 5.29.